The Balaban J connectivity index is 2.77. The molecule has 0 aliphatic heterocycles. The molecule has 1 aromatic carbocycles. The summed E-state index contributed by atoms with van der Waals surface area (Å²) in [5, 5.41) is 0. The lowest BCUT2D eigenvalue weighted by Gasteiger charge is -2.18. The standard InChI is InChI=1S/C11H12INO/c1-11(2,3)7-5-4-6-8-9(7)13-10(12)14-8/h4-6H,1-3H3. The van der Waals surface area contributed by atoms with Crippen LogP contribution >= 0.6 is 22.6 Å². The maximum atomic E-state index is 5.48. The molecule has 0 amide bonds. The fraction of sp³-hybridized carbons (Fsp3) is 0.364. The molecule has 0 saturated heterocycles. The zero-order valence-corrected chi connectivity index (χ0v) is 10.6. The first-order chi connectivity index (χ1) is 6.48. The number of rotatable bonds is 0. The Hall–Kier alpha value is -0.580. The fourth-order valence-electron chi connectivity index (χ4n) is 1.53. The Morgan fingerprint density at radius 1 is 1.29 bits per heavy atom. The molecule has 0 spiro atoms. The highest BCUT2D eigenvalue weighted by atomic mass is 127. The van der Waals surface area contributed by atoms with Crippen molar-refractivity contribution in [3.63, 3.8) is 0 Å². The summed E-state index contributed by atoms with van der Waals surface area (Å²) in [6.07, 6.45) is 0. The molecule has 0 radical (unpaired) electrons. The third-order valence-corrected chi connectivity index (χ3v) is 2.66. The lowest BCUT2D eigenvalue weighted by atomic mass is 9.86. The lowest BCUT2D eigenvalue weighted by molar-refractivity contribution is 0.566. The predicted octanol–water partition coefficient (Wildman–Crippen LogP) is 3.73. The van der Waals surface area contributed by atoms with Gasteiger partial charge in [-0.3, -0.25) is 0 Å². The molecule has 3 heteroatoms. The van der Waals surface area contributed by atoms with Crippen molar-refractivity contribution < 1.29 is 4.42 Å². The second-order valence-corrected chi connectivity index (χ2v) is 5.29. The van der Waals surface area contributed by atoms with Crippen LogP contribution in [0.5, 0.6) is 0 Å². The van der Waals surface area contributed by atoms with E-state index in [-0.39, 0.29) is 5.41 Å². The quantitative estimate of drug-likeness (QED) is 0.693. The SMILES string of the molecule is CC(C)(C)c1cccc2oc(I)nc12. The van der Waals surface area contributed by atoms with Crippen molar-refractivity contribution in [1.82, 2.24) is 4.98 Å². The molecular weight excluding hydrogens is 289 g/mol. The van der Waals surface area contributed by atoms with Gasteiger partial charge in [0.2, 0.25) is 0 Å². The van der Waals surface area contributed by atoms with Crippen LogP contribution < -0.4 is 0 Å². The van der Waals surface area contributed by atoms with Crippen molar-refractivity contribution in [2.45, 2.75) is 26.2 Å². The molecule has 2 aromatic rings. The maximum Gasteiger partial charge on any atom is 0.258 e. The van der Waals surface area contributed by atoms with Gasteiger partial charge in [0, 0.05) is 22.6 Å². The summed E-state index contributed by atoms with van der Waals surface area (Å²) in [6.45, 7) is 6.55. The van der Waals surface area contributed by atoms with Crippen molar-refractivity contribution in [2.75, 3.05) is 0 Å². The first-order valence-electron chi connectivity index (χ1n) is 4.54. The first kappa shape index (κ1) is 9.96. The van der Waals surface area contributed by atoms with Crippen LogP contribution in [-0.4, -0.2) is 4.98 Å². The number of halogens is 1. The highest BCUT2D eigenvalue weighted by molar-refractivity contribution is 14.1. The van der Waals surface area contributed by atoms with E-state index in [1.165, 1.54) is 5.56 Å². The van der Waals surface area contributed by atoms with E-state index < -0.39 is 0 Å². The summed E-state index contributed by atoms with van der Waals surface area (Å²) in [6, 6.07) is 6.09. The number of hydrogen-bond acceptors (Lipinski definition) is 2. The number of aromatic nitrogens is 1. The molecule has 14 heavy (non-hydrogen) atoms. The van der Waals surface area contributed by atoms with Gasteiger partial charge in [0.15, 0.2) is 5.58 Å². The van der Waals surface area contributed by atoms with Crippen LogP contribution in [0.15, 0.2) is 22.6 Å². The Morgan fingerprint density at radius 3 is 2.64 bits per heavy atom. The Kier molecular flexibility index (Phi) is 2.29. The summed E-state index contributed by atoms with van der Waals surface area (Å²) in [5.41, 5.74) is 3.22. The lowest BCUT2D eigenvalue weighted by Crippen LogP contribution is -2.11. The monoisotopic (exact) mass is 301 g/mol. The van der Waals surface area contributed by atoms with E-state index in [4.69, 9.17) is 4.42 Å². The summed E-state index contributed by atoms with van der Waals surface area (Å²) in [4.78, 5) is 4.40. The molecule has 0 unspecified atom stereocenters. The molecule has 0 aliphatic rings. The van der Waals surface area contributed by atoms with Gasteiger partial charge in [0.25, 0.3) is 3.90 Å². The molecule has 2 rings (SSSR count). The third kappa shape index (κ3) is 1.65. The maximum absolute atomic E-state index is 5.48. The normalized spacial score (nSPS) is 12.3. The van der Waals surface area contributed by atoms with Gasteiger partial charge >= 0.3 is 0 Å². The molecule has 0 aliphatic carbocycles. The van der Waals surface area contributed by atoms with Gasteiger partial charge in [0.05, 0.1) is 0 Å². The molecule has 2 nitrogen and oxygen atoms in total. The smallest absolute Gasteiger partial charge is 0.258 e. The summed E-state index contributed by atoms with van der Waals surface area (Å²) in [7, 11) is 0. The van der Waals surface area contributed by atoms with Crippen LogP contribution in [0.25, 0.3) is 11.1 Å². The van der Waals surface area contributed by atoms with Gasteiger partial charge in [-0.15, -0.1) is 0 Å². The molecule has 0 N–H and O–H groups in total. The van der Waals surface area contributed by atoms with Gasteiger partial charge in [-0.25, -0.2) is 4.98 Å². The molecule has 0 saturated carbocycles. The molecule has 0 bridgehead atoms. The van der Waals surface area contributed by atoms with Crippen LogP contribution in [0.3, 0.4) is 0 Å². The van der Waals surface area contributed by atoms with Crippen LogP contribution in [0, 0.1) is 3.90 Å². The van der Waals surface area contributed by atoms with Crippen molar-refractivity contribution in [3.05, 3.63) is 27.7 Å². The Labute approximate surface area is 96.8 Å². The number of para-hydroxylation sites is 1. The number of oxazole rings is 1. The second-order valence-electron chi connectivity index (χ2n) is 4.37. The van der Waals surface area contributed by atoms with E-state index in [0.717, 1.165) is 11.1 Å². The van der Waals surface area contributed by atoms with Crippen LogP contribution in [-0.2, 0) is 5.41 Å². The summed E-state index contributed by atoms with van der Waals surface area (Å²) < 4.78 is 6.18. The zero-order chi connectivity index (χ0) is 10.3. The Morgan fingerprint density at radius 2 is 2.00 bits per heavy atom. The van der Waals surface area contributed by atoms with E-state index in [9.17, 15) is 0 Å². The molecule has 0 fully saturated rings. The van der Waals surface area contributed by atoms with E-state index in [1.54, 1.807) is 0 Å². The molecule has 74 valence electrons. The average Bonchev–Trinajstić information content (AvgIpc) is 2.41. The van der Waals surface area contributed by atoms with Gasteiger partial charge in [0.1, 0.15) is 5.52 Å². The van der Waals surface area contributed by atoms with Crippen molar-refractivity contribution >= 4 is 33.7 Å². The summed E-state index contributed by atoms with van der Waals surface area (Å²) >= 11 is 2.10. The minimum atomic E-state index is 0.111. The molecule has 1 aromatic heterocycles. The minimum Gasteiger partial charge on any atom is -0.432 e. The fourth-order valence-corrected chi connectivity index (χ4v) is 2.01. The summed E-state index contributed by atoms with van der Waals surface area (Å²) in [5.74, 6) is 0. The van der Waals surface area contributed by atoms with Gasteiger partial charge < -0.3 is 4.42 Å². The van der Waals surface area contributed by atoms with Crippen LogP contribution in [0.4, 0.5) is 0 Å². The predicted molar refractivity (Wildman–Crippen MR) is 65.4 cm³/mol. The second kappa shape index (κ2) is 3.22. The van der Waals surface area contributed by atoms with Gasteiger partial charge in [-0.2, -0.15) is 0 Å². The number of fused-ring (bicyclic) bond motifs is 1. The van der Waals surface area contributed by atoms with Crippen molar-refractivity contribution in [3.8, 4) is 0 Å². The van der Waals surface area contributed by atoms with Crippen molar-refractivity contribution in [2.24, 2.45) is 0 Å². The topological polar surface area (TPSA) is 26.0 Å². The van der Waals surface area contributed by atoms with Gasteiger partial charge in [-0.1, -0.05) is 32.9 Å². The van der Waals surface area contributed by atoms with E-state index in [1.807, 2.05) is 12.1 Å². The number of benzene rings is 1. The molecule has 1 heterocycles. The highest BCUT2D eigenvalue weighted by Gasteiger charge is 2.19. The van der Waals surface area contributed by atoms with Crippen LogP contribution in [0.2, 0.25) is 0 Å². The Bertz CT molecular complexity index is 468. The molecule has 0 atom stereocenters. The average molecular weight is 301 g/mol. The zero-order valence-electron chi connectivity index (χ0n) is 8.47. The van der Waals surface area contributed by atoms with E-state index in [2.05, 4.69) is 54.4 Å². The highest BCUT2D eigenvalue weighted by Crippen LogP contribution is 2.29. The largest absolute Gasteiger partial charge is 0.432 e. The van der Waals surface area contributed by atoms with Gasteiger partial charge in [-0.05, 0) is 17.0 Å². The number of hydrogen-bond donors (Lipinski definition) is 0. The van der Waals surface area contributed by atoms with Crippen molar-refractivity contribution in [1.29, 1.82) is 0 Å². The number of nitrogens with zero attached hydrogens (tertiary/aromatic N) is 1. The van der Waals surface area contributed by atoms with Crippen LogP contribution in [0.1, 0.15) is 26.3 Å². The first-order valence-corrected chi connectivity index (χ1v) is 5.62. The van der Waals surface area contributed by atoms with E-state index in [0.29, 0.717) is 3.90 Å². The molecular formula is C11H12INO. The van der Waals surface area contributed by atoms with E-state index >= 15 is 0 Å². The third-order valence-electron chi connectivity index (χ3n) is 2.20. The minimum absolute atomic E-state index is 0.111.